The van der Waals surface area contributed by atoms with Crippen molar-refractivity contribution in [1.29, 1.82) is 0 Å². The van der Waals surface area contributed by atoms with Crippen LogP contribution in [0.2, 0.25) is 5.02 Å². The van der Waals surface area contributed by atoms with E-state index in [0.717, 1.165) is 12.1 Å². The number of ether oxygens (including phenoxy) is 1. The number of hydrogen-bond acceptors (Lipinski definition) is 6. The molecular formula is C24H26ClF2NO6S. The number of aliphatic hydroxyl groups excluding tert-OH is 1. The summed E-state index contributed by atoms with van der Waals surface area (Å²) < 4.78 is 58.9. The average Bonchev–Trinajstić information content (AvgIpc) is 2.81. The Hall–Kier alpha value is -2.11. The van der Waals surface area contributed by atoms with Crippen LogP contribution in [0.25, 0.3) is 0 Å². The van der Waals surface area contributed by atoms with E-state index in [0.29, 0.717) is 6.42 Å². The molecule has 0 heterocycles. The first-order chi connectivity index (χ1) is 16.4. The van der Waals surface area contributed by atoms with Crippen molar-refractivity contribution >= 4 is 33.0 Å². The molecule has 3 N–H and O–H groups in total. The summed E-state index contributed by atoms with van der Waals surface area (Å²) in [6, 6.07) is 6.69. The molecule has 3 atom stereocenters. The summed E-state index contributed by atoms with van der Waals surface area (Å²) in [7, 11) is -3.93. The summed E-state index contributed by atoms with van der Waals surface area (Å²) >= 11 is 6.21. The Morgan fingerprint density at radius 3 is 2.49 bits per heavy atom. The predicted molar refractivity (Wildman–Crippen MR) is 125 cm³/mol. The molecule has 5 rings (SSSR count). The highest BCUT2D eigenvalue weighted by molar-refractivity contribution is 7.92. The first kappa shape index (κ1) is 26.0. The molecule has 1 amide bonds. The van der Waals surface area contributed by atoms with Crippen molar-refractivity contribution in [2.45, 2.75) is 48.0 Å². The molecule has 0 aliphatic heterocycles. The average molecular weight is 530 g/mol. The molecule has 2 aromatic rings. The van der Waals surface area contributed by atoms with Crippen LogP contribution < -0.4 is 5.32 Å². The van der Waals surface area contributed by atoms with E-state index in [1.165, 1.54) is 24.3 Å². The van der Waals surface area contributed by atoms with Crippen molar-refractivity contribution in [2.75, 3.05) is 18.5 Å². The predicted octanol–water partition coefficient (Wildman–Crippen LogP) is 3.57. The summed E-state index contributed by atoms with van der Waals surface area (Å²) in [4.78, 5) is 12.4. The van der Waals surface area contributed by atoms with Gasteiger partial charge in [-0.2, -0.15) is 0 Å². The molecule has 3 aliphatic carbocycles. The number of hydrogen-bond donors (Lipinski definition) is 3. The Labute approximate surface area is 207 Å². The van der Waals surface area contributed by atoms with E-state index in [4.69, 9.17) is 16.3 Å². The number of fused-ring (bicyclic) bond motifs is 2. The summed E-state index contributed by atoms with van der Waals surface area (Å²) in [5.74, 6) is -3.44. The molecule has 3 fully saturated rings. The fourth-order valence-electron chi connectivity index (χ4n) is 4.96. The summed E-state index contributed by atoms with van der Waals surface area (Å²) in [5, 5.41) is 21.9. The Kier molecular flexibility index (Phi) is 7.23. The van der Waals surface area contributed by atoms with Crippen LogP contribution in [0, 0.1) is 23.5 Å². The summed E-state index contributed by atoms with van der Waals surface area (Å²) in [6.45, 7) is 1.68. The quantitative estimate of drug-likeness (QED) is 0.482. The van der Waals surface area contributed by atoms with Gasteiger partial charge in [0.25, 0.3) is 5.91 Å². The van der Waals surface area contributed by atoms with E-state index in [-0.39, 0.29) is 59.1 Å². The fraction of sp³-hybridized carbons (Fsp3) is 0.458. The first-order valence-electron chi connectivity index (χ1n) is 11.2. The number of nitrogens with one attached hydrogen (secondary N) is 1. The number of halogens is 3. The third-order valence-electron chi connectivity index (χ3n) is 6.89. The zero-order valence-corrected chi connectivity index (χ0v) is 20.5. The van der Waals surface area contributed by atoms with Gasteiger partial charge in [-0.15, -0.1) is 0 Å². The van der Waals surface area contributed by atoms with Crippen molar-refractivity contribution in [1.82, 2.24) is 0 Å². The van der Waals surface area contributed by atoms with E-state index in [1.54, 1.807) is 6.92 Å². The van der Waals surface area contributed by atoms with Gasteiger partial charge in [0, 0.05) is 17.3 Å². The number of carbonyl (C=O) groups excluding carboxylic acids is 1. The second-order valence-electron chi connectivity index (χ2n) is 9.35. The molecule has 0 aromatic heterocycles. The largest absolute Gasteiger partial charge is 0.391 e. The van der Waals surface area contributed by atoms with E-state index in [1.807, 2.05) is 0 Å². The monoisotopic (exact) mass is 529 g/mol. The molecule has 3 saturated carbocycles. The van der Waals surface area contributed by atoms with Crippen LogP contribution in [0.5, 0.6) is 0 Å². The molecule has 0 radical (unpaired) electrons. The Balaban J connectivity index is 1.49. The van der Waals surface area contributed by atoms with Crippen molar-refractivity contribution in [2.24, 2.45) is 11.8 Å². The minimum Gasteiger partial charge on any atom is -0.391 e. The standard InChI is InChI=1S/C24H26ClF2NO6S/c1-13(29)11-34-12-24(31)15-7-16(24)9-18(8-15)35(32,33)22-6-14(2-4-19(22)25)23(30)28-17-3-5-20(26)21(27)10-17/h2-6,10,13,15-16,18,29,31H,7-9,11-12H2,1H3,(H,28,30)/t13-,15?,16?,18?,24?/m1/s1. The fourth-order valence-corrected chi connectivity index (χ4v) is 7.36. The van der Waals surface area contributed by atoms with Gasteiger partial charge in [-0.05, 0) is 68.4 Å². The third-order valence-corrected chi connectivity index (χ3v) is 9.54. The van der Waals surface area contributed by atoms with Crippen LogP contribution in [0.3, 0.4) is 0 Å². The van der Waals surface area contributed by atoms with E-state index in [2.05, 4.69) is 5.32 Å². The highest BCUT2D eigenvalue weighted by Crippen LogP contribution is 2.55. The summed E-state index contributed by atoms with van der Waals surface area (Å²) in [6.07, 6.45) is 0.454. The second kappa shape index (κ2) is 9.74. The van der Waals surface area contributed by atoms with Gasteiger partial charge < -0.3 is 20.3 Å². The lowest BCUT2D eigenvalue weighted by molar-refractivity contribution is -0.209. The number of sulfone groups is 1. The molecule has 11 heteroatoms. The lowest BCUT2D eigenvalue weighted by Crippen LogP contribution is -2.64. The van der Waals surface area contributed by atoms with Gasteiger partial charge in [0.15, 0.2) is 21.5 Å². The van der Waals surface area contributed by atoms with E-state index < -0.39 is 44.3 Å². The van der Waals surface area contributed by atoms with Gasteiger partial charge in [0.1, 0.15) is 0 Å². The number of anilines is 1. The SMILES string of the molecule is C[C@@H](O)COCC1(O)C2CC1CC(S(=O)(=O)c1cc(C(=O)Nc3ccc(F)c(F)c3)ccc1Cl)C2. The zero-order chi connectivity index (χ0) is 25.5. The summed E-state index contributed by atoms with van der Waals surface area (Å²) in [5.41, 5.74) is -1.13. The molecule has 2 aromatic carbocycles. The number of benzene rings is 2. The number of rotatable bonds is 8. The second-order valence-corrected chi connectivity index (χ2v) is 12.0. The zero-order valence-electron chi connectivity index (χ0n) is 18.9. The Morgan fingerprint density at radius 1 is 1.17 bits per heavy atom. The topological polar surface area (TPSA) is 113 Å². The van der Waals surface area contributed by atoms with Crippen molar-refractivity contribution in [3.63, 3.8) is 0 Å². The Bertz CT molecular complexity index is 1230. The maximum atomic E-state index is 13.5. The molecule has 2 unspecified atom stereocenters. The molecule has 0 spiro atoms. The van der Waals surface area contributed by atoms with Crippen LogP contribution in [-0.2, 0) is 14.6 Å². The van der Waals surface area contributed by atoms with Crippen LogP contribution in [-0.4, -0.2) is 54.7 Å². The van der Waals surface area contributed by atoms with Crippen LogP contribution >= 0.6 is 11.6 Å². The maximum Gasteiger partial charge on any atom is 0.255 e. The molecule has 3 aliphatic rings. The van der Waals surface area contributed by atoms with Crippen LogP contribution in [0.1, 0.15) is 36.5 Å². The van der Waals surface area contributed by atoms with Gasteiger partial charge in [-0.25, -0.2) is 17.2 Å². The normalized spacial score (nSPS) is 26.6. The minimum atomic E-state index is -3.93. The number of carbonyl (C=O) groups is 1. The molecule has 190 valence electrons. The maximum absolute atomic E-state index is 13.5. The highest BCUT2D eigenvalue weighted by atomic mass is 35.5. The molecule has 0 saturated heterocycles. The number of aliphatic hydroxyl groups is 2. The molecule has 7 nitrogen and oxygen atoms in total. The van der Waals surface area contributed by atoms with Gasteiger partial charge in [-0.3, -0.25) is 4.79 Å². The third kappa shape index (κ3) is 5.08. The lowest BCUT2D eigenvalue weighted by atomic mass is 9.54. The minimum absolute atomic E-state index is 0.0118. The van der Waals surface area contributed by atoms with Crippen LogP contribution in [0.15, 0.2) is 41.3 Å². The van der Waals surface area contributed by atoms with Crippen LogP contribution in [0.4, 0.5) is 14.5 Å². The molecular weight excluding hydrogens is 504 g/mol. The van der Waals surface area contributed by atoms with Gasteiger partial charge in [0.05, 0.1) is 40.1 Å². The molecule has 35 heavy (non-hydrogen) atoms. The van der Waals surface area contributed by atoms with E-state index in [9.17, 15) is 32.2 Å². The van der Waals surface area contributed by atoms with Crippen molar-refractivity contribution in [3.8, 4) is 0 Å². The highest BCUT2D eigenvalue weighted by Gasteiger charge is 2.60. The first-order valence-corrected chi connectivity index (χ1v) is 13.1. The Morgan fingerprint density at radius 2 is 1.86 bits per heavy atom. The van der Waals surface area contributed by atoms with Gasteiger partial charge in [0.2, 0.25) is 0 Å². The van der Waals surface area contributed by atoms with Gasteiger partial charge in [-0.1, -0.05) is 11.6 Å². The smallest absolute Gasteiger partial charge is 0.255 e. The lowest BCUT2D eigenvalue weighted by Gasteiger charge is -2.58. The molecule has 2 bridgehead atoms. The van der Waals surface area contributed by atoms with Gasteiger partial charge >= 0.3 is 0 Å². The number of amides is 1. The van der Waals surface area contributed by atoms with Crippen molar-refractivity contribution < 1.29 is 36.9 Å². The van der Waals surface area contributed by atoms with Crippen molar-refractivity contribution in [3.05, 3.63) is 58.6 Å². The van der Waals surface area contributed by atoms with E-state index >= 15 is 0 Å².